The second kappa shape index (κ2) is 5.13. The lowest BCUT2D eigenvalue weighted by atomic mass is 9.90. The number of H-pyrrole nitrogens is 1. The molecule has 0 bridgehead atoms. The van der Waals surface area contributed by atoms with Gasteiger partial charge in [-0.3, -0.25) is 9.59 Å². The van der Waals surface area contributed by atoms with Crippen molar-refractivity contribution in [2.45, 2.75) is 0 Å². The van der Waals surface area contributed by atoms with Crippen LogP contribution in [0, 0.1) is 0 Å². The summed E-state index contributed by atoms with van der Waals surface area (Å²) in [4.78, 5) is 58.4. The summed E-state index contributed by atoms with van der Waals surface area (Å²) in [6, 6.07) is 1.14. The molecule has 0 spiro atoms. The number of imidazole rings is 1. The van der Waals surface area contributed by atoms with Crippen molar-refractivity contribution in [3.05, 3.63) is 35.0 Å². The normalized spacial score (nSPS) is 12.4. The number of aromatic amines is 1. The molecule has 1 aliphatic rings. The van der Waals surface area contributed by atoms with Gasteiger partial charge in [-0.1, -0.05) is 0 Å². The zero-order valence-corrected chi connectivity index (χ0v) is 12.0. The third-order valence-corrected chi connectivity index (χ3v) is 3.34. The van der Waals surface area contributed by atoms with E-state index in [-0.39, 0.29) is 33.9 Å². The Labute approximate surface area is 128 Å². The molecular weight excluding hydrogens is 306 g/mol. The molecule has 0 fully saturated rings. The minimum absolute atomic E-state index is 0.0414. The fourth-order valence-electron chi connectivity index (χ4n) is 2.31. The molecule has 2 aromatic rings. The Balaban J connectivity index is 2.38. The molecule has 9 heteroatoms. The molecule has 0 aromatic carbocycles. The van der Waals surface area contributed by atoms with E-state index in [1.165, 1.54) is 6.33 Å². The van der Waals surface area contributed by atoms with Crippen LogP contribution in [0.25, 0.3) is 11.3 Å². The number of hydrogen-bond acceptors (Lipinski definition) is 8. The molecule has 1 aliphatic carbocycles. The number of ketones is 2. The molecule has 0 atom stereocenters. The number of methoxy groups -OCH3 is 2. The van der Waals surface area contributed by atoms with E-state index in [1.807, 2.05) is 0 Å². The number of carbonyl (C=O) groups is 4. The number of aromatic nitrogens is 3. The Bertz CT molecular complexity index is 883. The Morgan fingerprint density at radius 1 is 1.04 bits per heavy atom. The summed E-state index contributed by atoms with van der Waals surface area (Å²) in [5.74, 6) is -3.46. The summed E-state index contributed by atoms with van der Waals surface area (Å²) in [6.45, 7) is 0. The zero-order chi connectivity index (χ0) is 16.7. The van der Waals surface area contributed by atoms with Crippen LogP contribution < -0.4 is 0 Å². The molecule has 23 heavy (non-hydrogen) atoms. The molecule has 0 saturated carbocycles. The molecule has 0 amide bonds. The molecule has 0 radical (unpaired) electrons. The number of carbonyl (C=O) groups excluding carboxylic acids is 4. The number of Topliss-reactive ketones (excluding diaryl/α,β-unsaturated/α-hetero) is 2. The Morgan fingerprint density at radius 3 is 2.39 bits per heavy atom. The van der Waals surface area contributed by atoms with Crippen molar-refractivity contribution in [1.29, 1.82) is 0 Å². The van der Waals surface area contributed by atoms with Crippen LogP contribution in [0.15, 0.2) is 12.4 Å². The molecule has 116 valence electrons. The standard InChI is InChI=1S/C14H9N3O6/c1-22-13(20)5-3-6(14(21)23-2)17-9-7(5)8-10(16-4-15-8)12(19)11(9)18/h3-4H,1-2H3,(H,15,16). The van der Waals surface area contributed by atoms with Crippen molar-refractivity contribution in [1.82, 2.24) is 15.0 Å². The van der Waals surface area contributed by atoms with E-state index in [9.17, 15) is 19.2 Å². The summed E-state index contributed by atoms with van der Waals surface area (Å²) in [5, 5.41) is 0. The number of ether oxygens (including phenoxy) is 2. The average molecular weight is 315 g/mol. The van der Waals surface area contributed by atoms with Gasteiger partial charge >= 0.3 is 11.9 Å². The van der Waals surface area contributed by atoms with Gasteiger partial charge in [-0.25, -0.2) is 19.6 Å². The van der Waals surface area contributed by atoms with Gasteiger partial charge in [0, 0.05) is 5.56 Å². The van der Waals surface area contributed by atoms with Gasteiger partial charge in [-0.15, -0.1) is 0 Å². The van der Waals surface area contributed by atoms with E-state index in [0.29, 0.717) is 0 Å². The van der Waals surface area contributed by atoms with Crippen molar-refractivity contribution in [3.8, 4) is 11.3 Å². The number of rotatable bonds is 2. The minimum Gasteiger partial charge on any atom is -0.465 e. The predicted octanol–water partition coefficient (Wildman–Crippen LogP) is 0.424. The molecule has 0 unspecified atom stereocenters. The highest BCUT2D eigenvalue weighted by atomic mass is 16.5. The molecule has 9 nitrogen and oxygen atoms in total. The zero-order valence-electron chi connectivity index (χ0n) is 12.0. The van der Waals surface area contributed by atoms with Crippen LogP contribution in [0.1, 0.15) is 41.8 Å². The first-order chi connectivity index (χ1) is 11.0. The van der Waals surface area contributed by atoms with E-state index >= 15 is 0 Å². The maximum absolute atomic E-state index is 12.2. The van der Waals surface area contributed by atoms with Crippen molar-refractivity contribution in [2.75, 3.05) is 14.2 Å². The Hall–Kier alpha value is -3.36. The molecule has 2 heterocycles. The van der Waals surface area contributed by atoms with E-state index in [0.717, 1.165) is 20.3 Å². The highest BCUT2D eigenvalue weighted by Crippen LogP contribution is 2.34. The number of fused-ring (bicyclic) bond motifs is 3. The van der Waals surface area contributed by atoms with Crippen molar-refractivity contribution < 1.29 is 28.7 Å². The smallest absolute Gasteiger partial charge is 0.356 e. The lowest BCUT2D eigenvalue weighted by molar-refractivity contribution is 0.0592. The second-order valence-corrected chi connectivity index (χ2v) is 4.55. The Morgan fingerprint density at radius 2 is 1.74 bits per heavy atom. The first kappa shape index (κ1) is 14.6. The first-order valence-electron chi connectivity index (χ1n) is 6.34. The molecule has 2 aromatic heterocycles. The second-order valence-electron chi connectivity index (χ2n) is 4.55. The summed E-state index contributed by atoms with van der Waals surface area (Å²) >= 11 is 0. The van der Waals surface area contributed by atoms with Gasteiger partial charge in [0.1, 0.15) is 22.8 Å². The van der Waals surface area contributed by atoms with Crippen LogP contribution >= 0.6 is 0 Å². The average Bonchev–Trinajstić information content (AvgIpc) is 3.06. The third kappa shape index (κ3) is 2.01. The molecule has 0 saturated heterocycles. The molecule has 3 rings (SSSR count). The summed E-state index contributed by atoms with van der Waals surface area (Å²) in [5.41, 5.74) is -0.615. The van der Waals surface area contributed by atoms with Crippen LogP contribution in [0.4, 0.5) is 0 Å². The van der Waals surface area contributed by atoms with E-state index in [1.54, 1.807) is 0 Å². The number of nitrogens with zero attached hydrogens (tertiary/aromatic N) is 2. The van der Waals surface area contributed by atoms with Crippen molar-refractivity contribution in [2.24, 2.45) is 0 Å². The maximum Gasteiger partial charge on any atom is 0.356 e. The lowest BCUT2D eigenvalue weighted by Crippen LogP contribution is -2.26. The van der Waals surface area contributed by atoms with Gasteiger partial charge in [0.05, 0.1) is 26.1 Å². The summed E-state index contributed by atoms with van der Waals surface area (Å²) in [7, 11) is 2.27. The molecule has 1 N–H and O–H groups in total. The van der Waals surface area contributed by atoms with Crippen LogP contribution in [-0.2, 0) is 9.47 Å². The summed E-state index contributed by atoms with van der Waals surface area (Å²) < 4.78 is 9.21. The fraction of sp³-hybridized carbons (Fsp3) is 0.143. The van der Waals surface area contributed by atoms with Gasteiger partial charge < -0.3 is 14.5 Å². The van der Waals surface area contributed by atoms with Crippen LogP contribution in [0.2, 0.25) is 0 Å². The van der Waals surface area contributed by atoms with Gasteiger partial charge in [-0.2, -0.15) is 0 Å². The molecule has 0 aliphatic heterocycles. The van der Waals surface area contributed by atoms with Crippen LogP contribution in [-0.4, -0.2) is 52.7 Å². The van der Waals surface area contributed by atoms with Crippen LogP contribution in [0.3, 0.4) is 0 Å². The first-order valence-corrected chi connectivity index (χ1v) is 6.34. The monoisotopic (exact) mass is 315 g/mol. The number of esters is 2. The van der Waals surface area contributed by atoms with Gasteiger partial charge in [0.15, 0.2) is 0 Å². The fourth-order valence-corrected chi connectivity index (χ4v) is 2.31. The third-order valence-electron chi connectivity index (χ3n) is 3.34. The topological polar surface area (TPSA) is 128 Å². The van der Waals surface area contributed by atoms with Gasteiger partial charge in [0.2, 0.25) is 0 Å². The van der Waals surface area contributed by atoms with Gasteiger partial charge in [-0.05, 0) is 6.07 Å². The SMILES string of the molecule is COC(=O)c1cc(C(=O)OC)c2c(n1)C(=O)C(=O)c1[nH]cnc1-2. The van der Waals surface area contributed by atoms with Gasteiger partial charge in [0.25, 0.3) is 11.6 Å². The van der Waals surface area contributed by atoms with E-state index in [2.05, 4.69) is 24.4 Å². The number of nitrogens with one attached hydrogen (secondary N) is 1. The Kier molecular flexibility index (Phi) is 3.25. The quantitative estimate of drug-likeness (QED) is 0.624. The lowest BCUT2D eigenvalue weighted by Gasteiger charge is -2.16. The predicted molar refractivity (Wildman–Crippen MR) is 73.2 cm³/mol. The summed E-state index contributed by atoms with van der Waals surface area (Å²) in [6.07, 6.45) is 1.22. The number of hydrogen-bond donors (Lipinski definition) is 1. The maximum atomic E-state index is 12.2. The van der Waals surface area contributed by atoms with Crippen molar-refractivity contribution >= 4 is 23.5 Å². The minimum atomic E-state index is -0.951. The van der Waals surface area contributed by atoms with Crippen LogP contribution in [0.5, 0.6) is 0 Å². The van der Waals surface area contributed by atoms with E-state index in [4.69, 9.17) is 0 Å². The molecular formula is C14H9N3O6. The largest absolute Gasteiger partial charge is 0.465 e. The highest BCUT2D eigenvalue weighted by Gasteiger charge is 2.38. The van der Waals surface area contributed by atoms with Crippen molar-refractivity contribution in [3.63, 3.8) is 0 Å². The highest BCUT2D eigenvalue weighted by molar-refractivity contribution is 6.52. The van der Waals surface area contributed by atoms with E-state index < -0.39 is 23.5 Å². The number of pyridine rings is 1.